The maximum atomic E-state index is 13.9. The number of hydrogen-bond donors (Lipinski definition) is 1. The summed E-state index contributed by atoms with van der Waals surface area (Å²) in [4.78, 5) is 65.7. The summed E-state index contributed by atoms with van der Waals surface area (Å²) < 4.78 is 0. The summed E-state index contributed by atoms with van der Waals surface area (Å²) in [6, 6.07) is 9.78. The standard InChI is InChI=1S/C29H21ClN2O7/c1-13-9-23(34)21-12-20-17(24(26(21)27(13)35)18-6-5-16(33)11-22(18)30)7-8-19-25(20)29(37)31(28(19)36)14-3-2-4-15(10-14)32(38)39/h2-7,9-11,19-20,24-25,33H,8,12H2,1H3. The van der Waals surface area contributed by atoms with E-state index in [1.165, 1.54) is 42.5 Å². The molecule has 0 aromatic heterocycles. The van der Waals surface area contributed by atoms with E-state index in [-0.39, 0.29) is 52.1 Å². The lowest BCUT2D eigenvalue weighted by atomic mass is 9.59. The number of allylic oxidation sites excluding steroid dienone is 6. The van der Waals surface area contributed by atoms with Crippen molar-refractivity contribution < 1.29 is 29.2 Å². The summed E-state index contributed by atoms with van der Waals surface area (Å²) in [5.74, 6) is -4.46. The van der Waals surface area contributed by atoms with E-state index in [1.807, 2.05) is 6.08 Å². The molecule has 6 rings (SSSR count). The Labute approximate surface area is 227 Å². The molecule has 4 atom stereocenters. The molecule has 4 aliphatic rings. The number of imide groups is 1. The predicted octanol–water partition coefficient (Wildman–Crippen LogP) is 4.59. The van der Waals surface area contributed by atoms with Crippen LogP contribution in [-0.2, 0) is 19.2 Å². The number of anilines is 1. The largest absolute Gasteiger partial charge is 0.508 e. The van der Waals surface area contributed by atoms with Crippen LogP contribution in [0.15, 0.2) is 76.9 Å². The third kappa shape index (κ3) is 3.68. The van der Waals surface area contributed by atoms with E-state index in [1.54, 1.807) is 13.0 Å². The average Bonchev–Trinajstić information content (AvgIpc) is 3.16. The molecule has 3 aliphatic carbocycles. The highest BCUT2D eigenvalue weighted by molar-refractivity contribution is 6.32. The molecule has 4 unspecified atom stereocenters. The van der Waals surface area contributed by atoms with Gasteiger partial charge in [-0.2, -0.15) is 0 Å². The zero-order chi connectivity index (χ0) is 27.7. The van der Waals surface area contributed by atoms with Gasteiger partial charge in [-0.3, -0.25) is 29.3 Å². The third-order valence-corrected chi connectivity index (χ3v) is 8.49. The average molecular weight is 545 g/mol. The Hall–Kier alpha value is -4.37. The van der Waals surface area contributed by atoms with Crippen molar-refractivity contribution in [2.75, 3.05) is 4.90 Å². The van der Waals surface area contributed by atoms with Gasteiger partial charge < -0.3 is 5.11 Å². The molecule has 2 aromatic rings. The SMILES string of the molecule is CC1=CC(=O)C2=C(C1=O)C(c1ccc(O)cc1Cl)C1=CCC3C(=O)N(c4cccc([N+](=O)[O-])c4)C(=O)C3C1C2. The van der Waals surface area contributed by atoms with Crippen LogP contribution >= 0.6 is 11.6 Å². The number of carbonyl (C=O) groups is 4. The lowest BCUT2D eigenvalue weighted by Gasteiger charge is -2.42. The molecule has 9 nitrogen and oxygen atoms in total. The number of Topliss-reactive ketones (excluding diaryl/α,β-unsaturated/α-hetero) is 1. The van der Waals surface area contributed by atoms with Crippen molar-refractivity contribution in [1.29, 1.82) is 0 Å². The minimum absolute atomic E-state index is 0.0608. The first kappa shape index (κ1) is 24.9. The van der Waals surface area contributed by atoms with Gasteiger partial charge in [-0.15, -0.1) is 0 Å². The smallest absolute Gasteiger partial charge is 0.271 e. The van der Waals surface area contributed by atoms with Gasteiger partial charge in [0.2, 0.25) is 11.8 Å². The van der Waals surface area contributed by atoms with E-state index in [0.29, 0.717) is 16.7 Å². The maximum absolute atomic E-state index is 13.9. The molecule has 1 aliphatic heterocycles. The number of phenols is 1. The minimum Gasteiger partial charge on any atom is -0.508 e. The number of non-ortho nitro benzene ring substituents is 1. The van der Waals surface area contributed by atoms with Crippen LogP contribution in [0.3, 0.4) is 0 Å². The molecule has 39 heavy (non-hydrogen) atoms. The molecule has 1 N–H and O–H groups in total. The minimum atomic E-state index is -0.820. The number of hydrogen-bond acceptors (Lipinski definition) is 7. The summed E-state index contributed by atoms with van der Waals surface area (Å²) in [5, 5.41) is 21.5. The number of amides is 2. The van der Waals surface area contributed by atoms with Crippen molar-refractivity contribution in [2.45, 2.75) is 25.7 Å². The van der Waals surface area contributed by atoms with Crippen LogP contribution in [0.1, 0.15) is 31.2 Å². The number of halogens is 1. The van der Waals surface area contributed by atoms with Gasteiger partial charge in [-0.1, -0.05) is 35.4 Å². The quantitative estimate of drug-likeness (QED) is 0.196. The molecule has 0 saturated carbocycles. The van der Waals surface area contributed by atoms with Gasteiger partial charge in [0.15, 0.2) is 11.6 Å². The van der Waals surface area contributed by atoms with E-state index in [9.17, 15) is 34.4 Å². The van der Waals surface area contributed by atoms with Gasteiger partial charge in [-0.05, 0) is 55.5 Å². The third-order valence-electron chi connectivity index (χ3n) is 8.16. The summed E-state index contributed by atoms with van der Waals surface area (Å²) in [7, 11) is 0. The number of aromatic hydroxyl groups is 1. The number of carbonyl (C=O) groups excluding carboxylic acids is 4. The number of ketones is 2. The van der Waals surface area contributed by atoms with Crippen molar-refractivity contribution in [3.8, 4) is 5.75 Å². The van der Waals surface area contributed by atoms with Gasteiger partial charge in [0.25, 0.3) is 5.69 Å². The second-order valence-corrected chi connectivity index (χ2v) is 10.6. The first-order valence-electron chi connectivity index (χ1n) is 12.4. The van der Waals surface area contributed by atoms with Crippen LogP contribution in [0, 0.1) is 27.9 Å². The monoisotopic (exact) mass is 544 g/mol. The van der Waals surface area contributed by atoms with Crippen molar-refractivity contribution in [3.63, 3.8) is 0 Å². The van der Waals surface area contributed by atoms with Crippen LogP contribution in [0.4, 0.5) is 11.4 Å². The molecule has 0 bridgehead atoms. The number of fused-ring (bicyclic) bond motifs is 3. The topological polar surface area (TPSA) is 135 Å². The molecule has 10 heteroatoms. The second-order valence-electron chi connectivity index (χ2n) is 10.2. The number of nitrogens with zero attached hydrogens (tertiary/aromatic N) is 2. The highest BCUT2D eigenvalue weighted by atomic mass is 35.5. The van der Waals surface area contributed by atoms with Crippen LogP contribution < -0.4 is 4.90 Å². The lowest BCUT2D eigenvalue weighted by molar-refractivity contribution is -0.384. The van der Waals surface area contributed by atoms with Crippen molar-refractivity contribution >= 4 is 46.4 Å². The van der Waals surface area contributed by atoms with E-state index in [0.717, 1.165) is 10.5 Å². The van der Waals surface area contributed by atoms with E-state index in [2.05, 4.69) is 0 Å². The Kier molecular flexibility index (Phi) is 5.65. The number of rotatable bonds is 3. The van der Waals surface area contributed by atoms with E-state index >= 15 is 0 Å². The van der Waals surface area contributed by atoms with E-state index < -0.39 is 40.4 Å². The fourth-order valence-corrected chi connectivity index (χ4v) is 6.75. The van der Waals surface area contributed by atoms with Crippen LogP contribution in [0.2, 0.25) is 5.02 Å². The normalized spacial score (nSPS) is 26.2. The first-order valence-corrected chi connectivity index (χ1v) is 12.8. The first-order chi connectivity index (χ1) is 18.6. The number of phenolic OH excluding ortho intramolecular Hbond substituents is 1. The Morgan fingerprint density at radius 2 is 1.82 bits per heavy atom. The van der Waals surface area contributed by atoms with Crippen molar-refractivity contribution in [2.24, 2.45) is 17.8 Å². The molecule has 1 heterocycles. The molecular weight excluding hydrogens is 524 g/mol. The predicted molar refractivity (Wildman–Crippen MR) is 140 cm³/mol. The lowest BCUT2D eigenvalue weighted by Crippen LogP contribution is -2.39. The molecule has 1 fully saturated rings. The molecule has 2 aromatic carbocycles. The summed E-state index contributed by atoms with van der Waals surface area (Å²) in [6.07, 6.45) is 3.47. The fourth-order valence-electron chi connectivity index (χ4n) is 6.47. The highest BCUT2D eigenvalue weighted by Crippen LogP contribution is 2.56. The Balaban J connectivity index is 1.48. The van der Waals surface area contributed by atoms with Gasteiger partial charge >= 0.3 is 0 Å². The summed E-state index contributed by atoms with van der Waals surface area (Å²) in [6.45, 7) is 1.58. The molecule has 196 valence electrons. The number of nitro benzene ring substituents is 1. The second kappa shape index (κ2) is 8.84. The fraction of sp³-hybridized carbons (Fsp3) is 0.241. The van der Waals surface area contributed by atoms with Gasteiger partial charge in [-0.25, -0.2) is 4.90 Å². The van der Waals surface area contributed by atoms with Crippen molar-refractivity contribution in [3.05, 3.63) is 97.6 Å². The Morgan fingerprint density at radius 3 is 2.54 bits per heavy atom. The number of benzene rings is 2. The molecule has 1 saturated heterocycles. The van der Waals surface area contributed by atoms with Gasteiger partial charge in [0.05, 0.1) is 22.4 Å². The Bertz CT molecular complexity index is 1640. The summed E-state index contributed by atoms with van der Waals surface area (Å²) in [5.41, 5.74) is 2.00. The highest BCUT2D eigenvalue weighted by Gasteiger charge is 2.56. The van der Waals surface area contributed by atoms with Crippen LogP contribution in [0.25, 0.3) is 0 Å². The van der Waals surface area contributed by atoms with Crippen LogP contribution in [0.5, 0.6) is 5.75 Å². The zero-order valence-corrected chi connectivity index (χ0v) is 21.3. The van der Waals surface area contributed by atoms with Crippen molar-refractivity contribution in [1.82, 2.24) is 0 Å². The zero-order valence-electron chi connectivity index (χ0n) is 20.6. The summed E-state index contributed by atoms with van der Waals surface area (Å²) >= 11 is 6.55. The van der Waals surface area contributed by atoms with Gasteiger partial charge in [0.1, 0.15) is 5.75 Å². The molecular formula is C29H21ClN2O7. The van der Waals surface area contributed by atoms with E-state index in [4.69, 9.17) is 11.6 Å². The molecule has 0 spiro atoms. The maximum Gasteiger partial charge on any atom is 0.271 e. The van der Waals surface area contributed by atoms with Gasteiger partial charge in [0, 0.05) is 39.8 Å². The Morgan fingerprint density at radius 1 is 1.05 bits per heavy atom. The van der Waals surface area contributed by atoms with Crippen LogP contribution in [-0.4, -0.2) is 33.4 Å². The molecule has 0 radical (unpaired) electrons. The molecule has 2 amide bonds. The number of nitro groups is 1.